The highest BCUT2D eigenvalue weighted by molar-refractivity contribution is 7.90. The van der Waals surface area contributed by atoms with E-state index in [1.165, 1.54) is 7.05 Å². The lowest BCUT2D eigenvalue weighted by atomic mass is 10.2. The molecule has 1 aromatic heterocycles. The number of benzene rings is 1. The molecule has 0 aliphatic heterocycles. The van der Waals surface area contributed by atoms with Crippen LogP contribution in [0.1, 0.15) is 5.56 Å². The molecule has 0 unspecified atom stereocenters. The molecule has 0 fully saturated rings. The second kappa shape index (κ2) is 5.97. The van der Waals surface area contributed by atoms with Gasteiger partial charge in [-0.15, -0.1) is 0 Å². The number of carbonyl (C=O) groups excluding carboxylic acids is 1. The summed E-state index contributed by atoms with van der Waals surface area (Å²) in [6.07, 6.45) is 0. The lowest BCUT2D eigenvalue weighted by Crippen LogP contribution is -2.24. The molecule has 9 heteroatoms. The quantitative estimate of drug-likeness (QED) is 0.885. The van der Waals surface area contributed by atoms with E-state index >= 15 is 0 Å². The molecule has 0 saturated carbocycles. The number of nitrogens with zero attached hydrogens (tertiary/aromatic N) is 2. The van der Waals surface area contributed by atoms with E-state index in [1.54, 1.807) is 24.3 Å². The van der Waals surface area contributed by atoms with Crippen LogP contribution in [0.5, 0.6) is 0 Å². The van der Waals surface area contributed by atoms with Crippen molar-refractivity contribution in [2.75, 3.05) is 12.4 Å². The number of anilines is 1. The van der Waals surface area contributed by atoms with Crippen LogP contribution in [0.3, 0.4) is 0 Å². The van der Waals surface area contributed by atoms with Crippen molar-refractivity contribution in [1.82, 2.24) is 14.7 Å². The van der Waals surface area contributed by atoms with Gasteiger partial charge in [-0.05, 0) is 5.56 Å². The Morgan fingerprint density at radius 2 is 2.00 bits per heavy atom. The smallest absolute Gasteiger partial charge is 0.320 e. The molecule has 0 aliphatic rings. The molecule has 2 aromatic rings. The molecule has 0 saturated heterocycles. The van der Waals surface area contributed by atoms with Crippen LogP contribution in [0.15, 0.2) is 35.5 Å². The first-order chi connectivity index (χ1) is 9.51. The zero-order valence-corrected chi connectivity index (χ0v) is 12.2. The summed E-state index contributed by atoms with van der Waals surface area (Å²) in [7, 11) is -2.17. The second-order valence-electron chi connectivity index (χ2n) is 3.83. The minimum atomic E-state index is -3.62. The van der Waals surface area contributed by atoms with E-state index in [4.69, 9.17) is 0 Å². The Morgan fingerprint density at radius 3 is 2.65 bits per heavy atom. The Morgan fingerprint density at radius 1 is 1.30 bits per heavy atom. The van der Waals surface area contributed by atoms with Crippen molar-refractivity contribution in [1.29, 1.82) is 0 Å². The predicted octanol–water partition coefficient (Wildman–Crippen LogP) is 1.26. The highest BCUT2D eigenvalue weighted by Gasteiger charge is 2.21. The third-order valence-electron chi connectivity index (χ3n) is 2.33. The molecule has 2 rings (SSSR count). The SMILES string of the molecule is CNC(=O)Nc1nc(S(=O)(=O)Cc2ccccc2)ns1. The van der Waals surface area contributed by atoms with E-state index in [9.17, 15) is 13.2 Å². The van der Waals surface area contributed by atoms with Gasteiger partial charge in [0.25, 0.3) is 5.16 Å². The number of rotatable bonds is 4. The summed E-state index contributed by atoms with van der Waals surface area (Å²) >= 11 is 0.818. The fraction of sp³-hybridized carbons (Fsp3) is 0.182. The Bertz CT molecular complexity index is 697. The maximum absolute atomic E-state index is 12.1. The summed E-state index contributed by atoms with van der Waals surface area (Å²) in [5.74, 6) is -0.177. The van der Waals surface area contributed by atoms with Crippen LogP contribution in [-0.4, -0.2) is 30.9 Å². The first-order valence-corrected chi connectivity index (χ1v) is 8.03. The molecule has 0 atom stereocenters. The van der Waals surface area contributed by atoms with E-state index in [2.05, 4.69) is 20.0 Å². The number of amides is 2. The van der Waals surface area contributed by atoms with Gasteiger partial charge in [-0.1, -0.05) is 30.3 Å². The molecule has 0 aliphatic carbocycles. The van der Waals surface area contributed by atoms with Gasteiger partial charge in [-0.3, -0.25) is 5.32 Å². The van der Waals surface area contributed by atoms with Crippen molar-refractivity contribution in [3.05, 3.63) is 35.9 Å². The van der Waals surface area contributed by atoms with Gasteiger partial charge < -0.3 is 5.32 Å². The largest absolute Gasteiger partial charge is 0.341 e. The van der Waals surface area contributed by atoms with Gasteiger partial charge in [0, 0.05) is 18.6 Å². The van der Waals surface area contributed by atoms with Gasteiger partial charge in [0.05, 0.1) is 5.75 Å². The van der Waals surface area contributed by atoms with Crippen molar-refractivity contribution in [3.8, 4) is 0 Å². The zero-order chi connectivity index (χ0) is 14.6. The van der Waals surface area contributed by atoms with E-state index in [0.717, 1.165) is 11.5 Å². The third kappa shape index (κ3) is 3.52. The first-order valence-electron chi connectivity index (χ1n) is 5.60. The average Bonchev–Trinajstić information content (AvgIpc) is 2.88. The van der Waals surface area contributed by atoms with E-state index < -0.39 is 15.9 Å². The Hall–Kier alpha value is -2.00. The van der Waals surface area contributed by atoms with Crippen molar-refractivity contribution in [2.45, 2.75) is 10.9 Å². The number of hydrogen-bond acceptors (Lipinski definition) is 6. The zero-order valence-electron chi connectivity index (χ0n) is 10.5. The van der Waals surface area contributed by atoms with Crippen LogP contribution in [0, 0.1) is 0 Å². The monoisotopic (exact) mass is 312 g/mol. The number of urea groups is 1. The van der Waals surface area contributed by atoms with E-state index in [0.29, 0.717) is 5.56 Å². The highest BCUT2D eigenvalue weighted by Crippen LogP contribution is 2.18. The Kier molecular flexibility index (Phi) is 4.30. The molecule has 1 heterocycles. The maximum atomic E-state index is 12.1. The normalized spacial score (nSPS) is 11.1. The van der Waals surface area contributed by atoms with Crippen LogP contribution >= 0.6 is 11.5 Å². The lowest BCUT2D eigenvalue weighted by Gasteiger charge is -2.00. The topological polar surface area (TPSA) is 101 Å². The van der Waals surface area contributed by atoms with Crippen molar-refractivity contribution in [2.24, 2.45) is 0 Å². The van der Waals surface area contributed by atoms with Crippen LogP contribution in [0.25, 0.3) is 0 Å². The molecule has 1 aromatic carbocycles. The van der Waals surface area contributed by atoms with Crippen molar-refractivity contribution in [3.63, 3.8) is 0 Å². The van der Waals surface area contributed by atoms with Crippen LogP contribution in [0.2, 0.25) is 0 Å². The lowest BCUT2D eigenvalue weighted by molar-refractivity contribution is 0.254. The standard InChI is InChI=1S/C11H12N4O3S2/c1-12-9(16)13-10-14-11(15-19-10)20(17,18)7-8-5-3-2-4-6-8/h2-6H,7H2,1H3,(H2,12,13,14,15,16). The van der Waals surface area contributed by atoms with Gasteiger partial charge in [-0.25, -0.2) is 13.2 Å². The number of sulfone groups is 1. The second-order valence-corrected chi connectivity index (χ2v) is 6.47. The van der Waals surface area contributed by atoms with Crippen molar-refractivity contribution >= 4 is 32.5 Å². The summed E-state index contributed by atoms with van der Waals surface area (Å²) < 4.78 is 28.0. The average molecular weight is 312 g/mol. The summed E-state index contributed by atoms with van der Waals surface area (Å²) in [6, 6.07) is 8.28. The van der Waals surface area contributed by atoms with E-state index in [-0.39, 0.29) is 16.0 Å². The highest BCUT2D eigenvalue weighted by atomic mass is 32.2. The van der Waals surface area contributed by atoms with Gasteiger partial charge in [0.15, 0.2) is 0 Å². The van der Waals surface area contributed by atoms with Gasteiger partial charge in [0.2, 0.25) is 15.0 Å². The number of hydrogen-bond donors (Lipinski definition) is 2. The van der Waals surface area contributed by atoms with Crippen LogP contribution in [0.4, 0.5) is 9.93 Å². The number of aromatic nitrogens is 2. The molecule has 7 nitrogen and oxygen atoms in total. The van der Waals surface area contributed by atoms with Crippen LogP contribution < -0.4 is 10.6 Å². The van der Waals surface area contributed by atoms with E-state index in [1.807, 2.05) is 6.07 Å². The third-order valence-corrected chi connectivity index (χ3v) is 4.53. The fourth-order valence-electron chi connectivity index (χ4n) is 1.40. The van der Waals surface area contributed by atoms with Crippen LogP contribution in [-0.2, 0) is 15.6 Å². The molecule has 20 heavy (non-hydrogen) atoms. The molecular weight excluding hydrogens is 300 g/mol. The van der Waals surface area contributed by atoms with Gasteiger partial charge in [-0.2, -0.15) is 9.36 Å². The van der Waals surface area contributed by atoms with Gasteiger partial charge in [0.1, 0.15) is 0 Å². The molecule has 106 valence electrons. The summed E-state index contributed by atoms with van der Waals surface area (Å²) in [6.45, 7) is 0. The van der Waals surface area contributed by atoms with Crippen molar-refractivity contribution < 1.29 is 13.2 Å². The van der Waals surface area contributed by atoms with Gasteiger partial charge >= 0.3 is 6.03 Å². The predicted molar refractivity (Wildman–Crippen MR) is 75.3 cm³/mol. The Balaban J connectivity index is 2.16. The Labute approximate surface area is 120 Å². The molecule has 0 radical (unpaired) electrons. The summed E-state index contributed by atoms with van der Waals surface area (Å²) in [4.78, 5) is 14.9. The molecule has 2 amide bonds. The number of nitrogens with one attached hydrogen (secondary N) is 2. The summed E-state index contributed by atoms with van der Waals surface area (Å²) in [5, 5.41) is 4.57. The minimum absolute atomic E-state index is 0.135. The molecule has 0 spiro atoms. The summed E-state index contributed by atoms with van der Waals surface area (Å²) in [5.41, 5.74) is 0.656. The molecular formula is C11H12N4O3S2. The first kappa shape index (κ1) is 14.4. The fourth-order valence-corrected chi connectivity index (χ4v) is 3.49. The number of carbonyl (C=O) groups is 1. The minimum Gasteiger partial charge on any atom is -0.341 e. The molecule has 0 bridgehead atoms. The maximum Gasteiger partial charge on any atom is 0.320 e. The molecule has 2 N–H and O–H groups in total.